The fourth-order valence-electron chi connectivity index (χ4n) is 3.01. The molecule has 28 heavy (non-hydrogen) atoms. The third-order valence-corrected chi connectivity index (χ3v) is 5.24. The van der Waals surface area contributed by atoms with Gasteiger partial charge in [-0.1, -0.05) is 35.3 Å². The van der Waals surface area contributed by atoms with E-state index in [1.165, 1.54) is 12.0 Å². The third-order valence-electron chi connectivity index (χ3n) is 4.40. The number of rotatable bonds is 4. The van der Waals surface area contributed by atoms with Crippen LogP contribution in [-0.4, -0.2) is 26.1 Å². The Morgan fingerprint density at radius 3 is 2.36 bits per heavy atom. The Hall–Kier alpha value is -2.76. The highest BCUT2D eigenvalue weighted by atomic mass is 35.5. The number of amides is 1. The van der Waals surface area contributed by atoms with E-state index in [1.807, 2.05) is 0 Å². The first-order valence-electron chi connectivity index (χ1n) is 8.32. The molecule has 0 saturated heterocycles. The molecule has 3 rings (SSSR count). The molecule has 2 aromatic carbocycles. The van der Waals surface area contributed by atoms with Crippen LogP contribution in [0.25, 0.3) is 6.08 Å². The molecular formula is C21H17Cl2NO4. The van der Waals surface area contributed by atoms with E-state index in [0.717, 1.165) is 0 Å². The summed E-state index contributed by atoms with van der Waals surface area (Å²) in [6.07, 6.45) is 1.55. The first-order valence-corrected chi connectivity index (χ1v) is 9.08. The van der Waals surface area contributed by atoms with Crippen molar-refractivity contribution in [1.82, 2.24) is 0 Å². The molecule has 0 bridgehead atoms. The fraction of sp³-hybridized carbons (Fsp3) is 0.143. The minimum atomic E-state index is -0.605. The highest BCUT2D eigenvalue weighted by Gasteiger charge is 2.38. The quantitative estimate of drug-likeness (QED) is 0.525. The Morgan fingerprint density at radius 1 is 1.07 bits per heavy atom. The van der Waals surface area contributed by atoms with Gasteiger partial charge in [0.25, 0.3) is 5.91 Å². The molecule has 0 radical (unpaired) electrons. The minimum Gasteiger partial charge on any atom is -0.497 e. The van der Waals surface area contributed by atoms with Gasteiger partial charge in [-0.25, -0.2) is 4.79 Å². The zero-order valence-corrected chi connectivity index (χ0v) is 17.0. The van der Waals surface area contributed by atoms with Crippen LogP contribution in [0.15, 0.2) is 59.3 Å². The average Bonchev–Trinajstić information content (AvgIpc) is 2.94. The number of esters is 1. The second-order valence-electron chi connectivity index (χ2n) is 5.99. The molecule has 0 aromatic heterocycles. The highest BCUT2D eigenvalue weighted by Crippen LogP contribution is 2.37. The van der Waals surface area contributed by atoms with E-state index in [9.17, 15) is 9.59 Å². The van der Waals surface area contributed by atoms with Gasteiger partial charge in [-0.2, -0.15) is 0 Å². The smallest absolute Gasteiger partial charge is 0.340 e. The zero-order valence-electron chi connectivity index (χ0n) is 15.5. The first-order chi connectivity index (χ1) is 13.4. The van der Waals surface area contributed by atoms with Crippen molar-refractivity contribution < 1.29 is 19.1 Å². The van der Waals surface area contributed by atoms with Gasteiger partial charge in [-0.15, -0.1) is 0 Å². The summed E-state index contributed by atoms with van der Waals surface area (Å²) >= 11 is 12.3. The predicted molar refractivity (Wildman–Crippen MR) is 110 cm³/mol. The van der Waals surface area contributed by atoms with Gasteiger partial charge in [0.1, 0.15) is 5.75 Å². The van der Waals surface area contributed by atoms with Gasteiger partial charge in [-0.05, 0) is 48.9 Å². The summed E-state index contributed by atoms with van der Waals surface area (Å²) in [5, 5.41) is 0.656. The normalized spacial score (nSPS) is 15.4. The summed E-state index contributed by atoms with van der Waals surface area (Å²) < 4.78 is 10.1. The first kappa shape index (κ1) is 20.0. The SMILES string of the molecule is COC(=O)C1=C(C)N(c2ccc(OC)cc2)C(=O)/C1=C\c1cccc(Cl)c1Cl. The molecule has 0 aliphatic carbocycles. The molecule has 7 heteroatoms. The van der Waals surface area contributed by atoms with Gasteiger partial charge in [0.2, 0.25) is 0 Å². The van der Waals surface area contributed by atoms with Crippen molar-refractivity contribution in [3.8, 4) is 5.75 Å². The van der Waals surface area contributed by atoms with E-state index < -0.39 is 5.97 Å². The van der Waals surface area contributed by atoms with Crippen LogP contribution in [0.4, 0.5) is 5.69 Å². The van der Waals surface area contributed by atoms with Crippen LogP contribution >= 0.6 is 23.2 Å². The number of carbonyl (C=O) groups is 2. The zero-order chi connectivity index (χ0) is 20.4. The topological polar surface area (TPSA) is 55.8 Å². The van der Waals surface area contributed by atoms with Crippen molar-refractivity contribution in [3.05, 3.63) is 74.9 Å². The van der Waals surface area contributed by atoms with E-state index in [2.05, 4.69) is 0 Å². The van der Waals surface area contributed by atoms with Crippen LogP contribution in [0.3, 0.4) is 0 Å². The van der Waals surface area contributed by atoms with Gasteiger partial charge >= 0.3 is 5.97 Å². The summed E-state index contributed by atoms with van der Waals surface area (Å²) in [5.41, 5.74) is 1.96. The third kappa shape index (κ3) is 3.51. The molecule has 0 spiro atoms. The molecule has 0 atom stereocenters. The summed E-state index contributed by atoms with van der Waals surface area (Å²) in [6.45, 7) is 1.69. The molecule has 0 saturated carbocycles. The molecular weight excluding hydrogens is 401 g/mol. The maximum atomic E-state index is 13.2. The van der Waals surface area contributed by atoms with Gasteiger partial charge in [0.15, 0.2) is 0 Å². The largest absolute Gasteiger partial charge is 0.497 e. The number of carbonyl (C=O) groups excluding carboxylic acids is 2. The molecule has 0 fully saturated rings. The van der Waals surface area contributed by atoms with Crippen LogP contribution in [-0.2, 0) is 14.3 Å². The lowest BCUT2D eigenvalue weighted by molar-refractivity contribution is -0.136. The molecule has 1 amide bonds. The van der Waals surface area contributed by atoms with Crippen LogP contribution < -0.4 is 9.64 Å². The summed E-state index contributed by atoms with van der Waals surface area (Å²) in [7, 11) is 2.83. The highest BCUT2D eigenvalue weighted by molar-refractivity contribution is 6.43. The molecule has 0 N–H and O–H groups in total. The van der Waals surface area contributed by atoms with Gasteiger partial charge in [-0.3, -0.25) is 9.69 Å². The maximum absolute atomic E-state index is 13.2. The summed E-state index contributed by atoms with van der Waals surface area (Å²) in [6, 6.07) is 12.0. The number of hydrogen-bond donors (Lipinski definition) is 0. The second kappa shape index (κ2) is 8.09. The molecule has 1 aliphatic heterocycles. The Bertz CT molecular complexity index is 1010. The number of allylic oxidation sites excluding steroid dienone is 1. The molecule has 2 aromatic rings. The molecule has 1 aliphatic rings. The van der Waals surface area contributed by atoms with Crippen molar-refractivity contribution in [2.45, 2.75) is 6.92 Å². The fourth-order valence-corrected chi connectivity index (χ4v) is 3.37. The maximum Gasteiger partial charge on any atom is 0.340 e. The monoisotopic (exact) mass is 417 g/mol. The Kier molecular flexibility index (Phi) is 5.77. The molecule has 1 heterocycles. The number of nitrogens with zero attached hydrogens (tertiary/aromatic N) is 1. The van der Waals surface area contributed by atoms with E-state index in [4.69, 9.17) is 32.7 Å². The van der Waals surface area contributed by atoms with Crippen LogP contribution in [0.1, 0.15) is 12.5 Å². The van der Waals surface area contributed by atoms with Crippen molar-refractivity contribution >= 4 is 46.8 Å². The Balaban J connectivity index is 2.14. The summed E-state index contributed by atoms with van der Waals surface area (Å²) in [5.74, 6) is -0.308. The number of hydrogen-bond acceptors (Lipinski definition) is 4. The molecule has 0 unspecified atom stereocenters. The lowest BCUT2D eigenvalue weighted by atomic mass is 10.0. The van der Waals surface area contributed by atoms with Gasteiger partial charge < -0.3 is 9.47 Å². The average molecular weight is 418 g/mol. The van der Waals surface area contributed by atoms with Crippen LogP contribution in [0, 0.1) is 0 Å². The van der Waals surface area contributed by atoms with Crippen molar-refractivity contribution in [1.29, 1.82) is 0 Å². The number of ether oxygens (including phenoxy) is 2. The lowest BCUT2D eigenvalue weighted by Crippen LogP contribution is -2.24. The van der Waals surface area contributed by atoms with Crippen molar-refractivity contribution in [3.63, 3.8) is 0 Å². The Labute approximate surface area is 172 Å². The predicted octanol–water partition coefficient (Wildman–Crippen LogP) is 4.88. The van der Waals surface area contributed by atoms with E-state index >= 15 is 0 Å². The number of halogens is 2. The van der Waals surface area contributed by atoms with E-state index in [-0.39, 0.29) is 17.1 Å². The van der Waals surface area contributed by atoms with Gasteiger partial charge in [0.05, 0.1) is 35.4 Å². The number of benzene rings is 2. The van der Waals surface area contributed by atoms with Crippen LogP contribution in [0.2, 0.25) is 10.0 Å². The van der Waals surface area contributed by atoms with Crippen molar-refractivity contribution in [2.75, 3.05) is 19.1 Å². The molecule has 144 valence electrons. The number of methoxy groups -OCH3 is 2. The Morgan fingerprint density at radius 2 is 1.75 bits per heavy atom. The van der Waals surface area contributed by atoms with Crippen LogP contribution in [0.5, 0.6) is 5.75 Å². The second-order valence-corrected chi connectivity index (χ2v) is 6.78. The summed E-state index contributed by atoms with van der Waals surface area (Å²) in [4.78, 5) is 27.1. The standard InChI is InChI=1S/C21H17Cl2NO4/c1-12-18(21(26)28-3)16(11-13-5-4-6-17(22)19(13)23)20(25)24(12)14-7-9-15(27-2)10-8-14/h4-11H,1-3H3/b16-11-. The minimum absolute atomic E-state index is 0.180. The van der Waals surface area contributed by atoms with Crippen molar-refractivity contribution in [2.24, 2.45) is 0 Å². The lowest BCUT2D eigenvalue weighted by Gasteiger charge is -2.18. The molecule has 5 nitrogen and oxygen atoms in total. The van der Waals surface area contributed by atoms with E-state index in [0.29, 0.717) is 32.7 Å². The number of anilines is 1. The van der Waals surface area contributed by atoms with Gasteiger partial charge in [0, 0.05) is 11.4 Å². The van der Waals surface area contributed by atoms with E-state index in [1.54, 1.807) is 62.6 Å².